The number of benzene rings is 2. The third-order valence-electron chi connectivity index (χ3n) is 8.62. The molecule has 0 amide bonds. The summed E-state index contributed by atoms with van der Waals surface area (Å²) in [7, 11) is 0. The van der Waals surface area contributed by atoms with Gasteiger partial charge in [0.2, 0.25) is 0 Å². The summed E-state index contributed by atoms with van der Waals surface area (Å²) in [6.07, 6.45) is 11.0. The van der Waals surface area contributed by atoms with Gasteiger partial charge in [-0.25, -0.2) is 0 Å². The lowest BCUT2D eigenvalue weighted by atomic mass is 9.50. The van der Waals surface area contributed by atoms with Crippen molar-refractivity contribution in [2.75, 3.05) is 6.61 Å². The molecule has 2 aromatic carbocycles. The van der Waals surface area contributed by atoms with Crippen molar-refractivity contribution in [3.8, 4) is 41.2 Å². The van der Waals surface area contributed by atoms with Gasteiger partial charge in [-0.2, -0.15) is 21.0 Å². The molecule has 0 heterocycles. The number of hydrogen-bond donors (Lipinski definition) is 0. The van der Waals surface area contributed by atoms with Crippen molar-refractivity contribution in [1.29, 1.82) is 21.0 Å². The smallest absolute Gasteiger partial charge is 0.138 e. The minimum absolute atomic E-state index is 0.0580. The first-order chi connectivity index (χ1) is 17.5. The molecule has 3 aliphatic carbocycles. The Morgan fingerprint density at radius 3 is 1.78 bits per heavy atom. The molecule has 0 spiro atoms. The fourth-order valence-corrected chi connectivity index (χ4v) is 6.56. The minimum atomic E-state index is -0.0580. The second kappa shape index (κ2) is 10.4. The van der Waals surface area contributed by atoms with Crippen LogP contribution in [-0.4, -0.2) is 6.61 Å². The fraction of sp³-hybridized carbons (Fsp3) is 0.484. The highest BCUT2D eigenvalue weighted by Crippen LogP contribution is 2.60. The third-order valence-corrected chi connectivity index (χ3v) is 8.62. The Kier molecular flexibility index (Phi) is 7.34. The van der Waals surface area contributed by atoms with Crippen LogP contribution in [0, 0.1) is 50.7 Å². The monoisotopic (exact) mass is 476 g/mol. The minimum Gasteiger partial charge on any atom is -0.492 e. The number of ether oxygens (including phenoxy) is 1. The summed E-state index contributed by atoms with van der Waals surface area (Å²) in [6, 6.07) is 16.2. The van der Waals surface area contributed by atoms with Gasteiger partial charge in [-0.05, 0) is 79.9 Å². The largest absolute Gasteiger partial charge is 0.492 e. The van der Waals surface area contributed by atoms with E-state index in [-0.39, 0.29) is 16.5 Å². The van der Waals surface area contributed by atoms with Gasteiger partial charge >= 0.3 is 0 Å². The van der Waals surface area contributed by atoms with Crippen molar-refractivity contribution in [3.05, 3.63) is 52.1 Å². The zero-order valence-electron chi connectivity index (χ0n) is 21.3. The predicted octanol–water partition coefficient (Wildman–Crippen LogP) is 7.41. The first kappa shape index (κ1) is 25.3. The summed E-state index contributed by atoms with van der Waals surface area (Å²) in [6.45, 7) is 4.78. The molecule has 0 aliphatic heterocycles. The molecular formula is C31H32N4O. The van der Waals surface area contributed by atoms with Crippen molar-refractivity contribution < 1.29 is 4.74 Å². The predicted molar refractivity (Wildman–Crippen MR) is 138 cm³/mol. The van der Waals surface area contributed by atoms with Crippen LogP contribution < -0.4 is 4.74 Å². The Hall–Kier alpha value is -3.80. The van der Waals surface area contributed by atoms with Gasteiger partial charge in [0.25, 0.3) is 0 Å². The van der Waals surface area contributed by atoms with Gasteiger partial charge in [-0.15, -0.1) is 0 Å². The molecule has 3 aliphatic rings. The zero-order valence-corrected chi connectivity index (χ0v) is 21.3. The Morgan fingerprint density at radius 2 is 1.25 bits per heavy atom. The van der Waals surface area contributed by atoms with Gasteiger partial charge in [0.15, 0.2) is 0 Å². The van der Waals surface area contributed by atoms with Crippen LogP contribution in [-0.2, 0) is 5.41 Å². The summed E-state index contributed by atoms with van der Waals surface area (Å²) >= 11 is 0. The molecule has 5 rings (SSSR count). The second-order valence-corrected chi connectivity index (χ2v) is 10.5. The average Bonchev–Trinajstić information content (AvgIpc) is 2.92. The number of nitrogens with zero attached hydrogens (tertiary/aromatic N) is 4. The Labute approximate surface area is 214 Å². The Morgan fingerprint density at radius 1 is 0.694 bits per heavy atom. The number of nitriles is 4. The molecule has 182 valence electrons. The van der Waals surface area contributed by atoms with Crippen molar-refractivity contribution in [3.63, 3.8) is 0 Å². The zero-order chi connectivity index (χ0) is 25.8. The summed E-state index contributed by atoms with van der Waals surface area (Å²) in [4.78, 5) is 0. The highest BCUT2D eigenvalue weighted by atomic mass is 16.5. The number of hydrogen-bond acceptors (Lipinski definition) is 5. The van der Waals surface area contributed by atoms with E-state index in [0.29, 0.717) is 40.0 Å². The van der Waals surface area contributed by atoms with E-state index < -0.39 is 0 Å². The summed E-state index contributed by atoms with van der Waals surface area (Å²) in [5.74, 6) is 0.376. The van der Waals surface area contributed by atoms with Crippen molar-refractivity contribution in [1.82, 2.24) is 0 Å². The lowest BCUT2D eigenvalue weighted by Gasteiger charge is -2.54. The molecule has 5 nitrogen and oxygen atoms in total. The van der Waals surface area contributed by atoms with E-state index in [0.717, 1.165) is 37.7 Å². The van der Waals surface area contributed by atoms with Crippen molar-refractivity contribution in [2.24, 2.45) is 5.41 Å². The molecule has 0 saturated heterocycles. The first-order valence-corrected chi connectivity index (χ1v) is 13.1. The van der Waals surface area contributed by atoms with Crippen LogP contribution in [0.3, 0.4) is 0 Å². The molecule has 0 unspecified atom stereocenters. The van der Waals surface area contributed by atoms with Crippen LogP contribution in [0.2, 0.25) is 0 Å². The molecule has 36 heavy (non-hydrogen) atoms. The Bertz CT molecular complexity index is 1300. The maximum Gasteiger partial charge on any atom is 0.138 e. The fourth-order valence-electron chi connectivity index (χ4n) is 6.56. The van der Waals surface area contributed by atoms with E-state index >= 15 is 0 Å². The van der Waals surface area contributed by atoms with E-state index in [9.17, 15) is 21.0 Å². The van der Waals surface area contributed by atoms with Gasteiger partial charge in [-0.3, -0.25) is 0 Å². The molecule has 0 radical (unpaired) electrons. The SMILES string of the molecule is CCCCOc1ccc(-c2ccc(C34CCC(CCC)(CC3)CC4)c(C#N)c2C#N)c(C#N)c1C#N. The highest BCUT2D eigenvalue weighted by Gasteiger charge is 2.49. The second-order valence-electron chi connectivity index (χ2n) is 10.5. The normalized spacial score (nSPS) is 22.2. The van der Waals surface area contributed by atoms with Crippen LogP contribution in [0.15, 0.2) is 24.3 Å². The van der Waals surface area contributed by atoms with Crippen molar-refractivity contribution in [2.45, 2.75) is 83.5 Å². The molecule has 0 aromatic heterocycles. The summed E-state index contributed by atoms with van der Waals surface area (Å²) < 4.78 is 5.77. The van der Waals surface area contributed by atoms with E-state index in [1.165, 1.54) is 32.1 Å². The maximum absolute atomic E-state index is 10.2. The molecular weight excluding hydrogens is 444 g/mol. The third kappa shape index (κ3) is 4.21. The first-order valence-electron chi connectivity index (χ1n) is 13.1. The van der Waals surface area contributed by atoms with Crippen LogP contribution in [0.4, 0.5) is 0 Å². The van der Waals surface area contributed by atoms with Gasteiger partial charge in [-0.1, -0.05) is 38.8 Å². The number of unbranched alkanes of at least 4 members (excludes halogenated alkanes) is 1. The molecule has 5 heteroatoms. The van der Waals surface area contributed by atoms with E-state index in [4.69, 9.17) is 4.74 Å². The number of fused-ring (bicyclic) bond motifs is 3. The maximum atomic E-state index is 10.2. The van der Waals surface area contributed by atoms with E-state index in [1.54, 1.807) is 12.1 Å². The lowest BCUT2D eigenvalue weighted by Crippen LogP contribution is -2.44. The van der Waals surface area contributed by atoms with Gasteiger partial charge in [0, 0.05) is 11.1 Å². The Balaban J connectivity index is 1.80. The quantitative estimate of drug-likeness (QED) is 0.369. The summed E-state index contributed by atoms with van der Waals surface area (Å²) in [5.41, 5.74) is 3.45. The molecule has 3 fully saturated rings. The lowest BCUT2D eigenvalue weighted by molar-refractivity contribution is 0.0319. The van der Waals surface area contributed by atoms with Crippen molar-refractivity contribution >= 4 is 0 Å². The van der Waals surface area contributed by atoms with Crippen LogP contribution in [0.1, 0.15) is 106 Å². The molecule has 0 N–H and O–H groups in total. The van der Waals surface area contributed by atoms with E-state index in [2.05, 4.69) is 38.1 Å². The standard InChI is InChI=1S/C31H32N4O/c1-3-5-17-36-29-9-7-23(25(19-33)27(29)21-35)22-6-8-28(26(20-34)24(22)18-32)31-14-11-30(10-4-2,12-15-31)13-16-31/h6-9H,3-5,10-17H2,1-2H3. The van der Waals surface area contributed by atoms with Crippen LogP contribution >= 0.6 is 0 Å². The van der Waals surface area contributed by atoms with Crippen LogP contribution in [0.5, 0.6) is 5.75 Å². The number of rotatable bonds is 8. The highest BCUT2D eigenvalue weighted by molar-refractivity contribution is 5.82. The summed E-state index contributed by atoms with van der Waals surface area (Å²) in [5, 5.41) is 40.3. The van der Waals surface area contributed by atoms with Gasteiger partial charge in [0.1, 0.15) is 35.6 Å². The van der Waals surface area contributed by atoms with E-state index in [1.807, 2.05) is 12.1 Å². The molecule has 2 aromatic rings. The van der Waals surface area contributed by atoms with Gasteiger partial charge in [0.05, 0.1) is 23.3 Å². The topological polar surface area (TPSA) is 104 Å². The van der Waals surface area contributed by atoms with Gasteiger partial charge < -0.3 is 4.74 Å². The van der Waals surface area contributed by atoms with Crippen LogP contribution in [0.25, 0.3) is 11.1 Å². The average molecular weight is 477 g/mol. The molecule has 3 saturated carbocycles. The molecule has 2 bridgehead atoms. The molecule has 0 atom stereocenters.